The molecule has 6 nitrogen and oxygen atoms in total. The minimum absolute atomic E-state index is 0.0451. The van der Waals surface area contributed by atoms with Crippen molar-refractivity contribution in [2.75, 3.05) is 27.9 Å². The Labute approximate surface area is 147 Å². The summed E-state index contributed by atoms with van der Waals surface area (Å²) < 4.78 is 21.5. The second-order valence-corrected chi connectivity index (χ2v) is 5.80. The van der Waals surface area contributed by atoms with E-state index in [1.54, 1.807) is 12.1 Å². The highest BCUT2D eigenvalue weighted by Gasteiger charge is 2.51. The average Bonchev–Trinajstić information content (AvgIpc) is 2.65. The smallest absolute Gasteiger partial charge is 0.324 e. The van der Waals surface area contributed by atoms with Gasteiger partial charge in [-0.3, -0.25) is 9.59 Å². The van der Waals surface area contributed by atoms with Gasteiger partial charge in [-0.2, -0.15) is 0 Å². The van der Waals surface area contributed by atoms with Crippen LogP contribution in [0.2, 0.25) is 0 Å². The summed E-state index contributed by atoms with van der Waals surface area (Å²) >= 11 is 0. The Morgan fingerprint density at radius 1 is 1.16 bits per heavy atom. The molecule has 0 N–H and O–H groups in total. The van der Waals surface area contributed by atoms with Crippen molar-refractivity contribution in [3.63, 3.8) is 0 Å². The van der Waals surface area contributed by atoms with E-state index in [-0.39, 0.29) is 12.4 Å². The number of methoxy groups -OCH3 is 3. The Kier molecular flexibility index (Phi) is 6.07. The summed E-state index contributed by atoms with van der Waals surface area (Å²) in [5.74, 6) is 0.367. The van der Waals surface area contributed by atoms with Gasteiger partial charge in [0.15, 0.2) is 22.7 Å². The molecule has 1 aromatic carbocycles. The number of carbonyl (C=O) groups is 2. The van der Waals surface area contributed by atoms with Crippen molar-refractivity contribution in [3.05, 3.63) is 30.4 Å². The number of ketones is 1. The van der Waals surface area contributed by atoms with E-state index in [2.05, 4.69) is 6.58 Å². The highest BCUT2D eigenvalue weighted by molar-refractivity contribution is 6.11. The van der Waals surface area contributed by atoms with E-state index in [9.17, 15) is 9.59 Å². The van der Waals surface area contributed by atoms with Crippen LogP contribution in [0.1, 0.15) is 31.2 Å². The number of hydrogen-bond donors (Lipinski definition) is 0. The molecular weight excluding hydrogens is 324 g/mol. The van der Waals surface area contributed by atoms with Gasteiger partial charge >= 0.3 is 5.97 Å². The topological polar surface area (TPSA) is 71.1 Å². The molecule has 1 saturated carbocycles. The van der Waals surface area contributed by atoms with Gasteiger partial charge in [-0.05, 0) is 25.0 Å². The normalized spacial score (nSPS) is 19.9. The lowest BCUT2D eigenvalue weighted by molar-refractivity contribution is -0.155. The zero-order valence-corrected chi connectivity index (χ0v) is 14.9. The predicted octanol–water partition coefficient (Wildman–Crippen LogP) is 2.82. The average molecular weight is 348 g/mol. The molecule has 1 aliphatic rings. The second-order valence-electron chi connectivity index (χ2n) is 5.80. The van der Waals surface area contributed by atoms with E-state index in [1.807, 2.05) is 0 Å². The SMILES string of the molecule is C=CCOC(=O)C1(c2ccc(OC)c(OC)c2OC)CCCCC1=O. The van der Waals surface area contributed by atoms with Gasteiger partial charge in [-0.1, -0.05) is 19.1 Å². The largest absolute Gasteiger partial charge is 0.493 e. The number of esters is 1. The quantitative estimate of drug-likeness (QED) is 0.429. The van der Waals surface area contributed by atoms with Gasteiger partial charge < -0.3 is 18.9 Å². The summed E-state index contributed by atoms with van der Waals surface area (Å²) in [5, 5.41) is 0. The highest BCUT2D eigenvalue weighted by atomic mass is 16.5. The summed E-state index contributed by atoms with van der Waals surface area (Å²) in [6.45, 7) is 3.60. The van der Waals surface area contributed by atoms with Crippen molar-refractivity contribution in [1.29, 1.82) is 0 Å². The molecule has 2 rings (SSSR count). The summed E-state index contributed by atoms with van der Waals surface area (Å²) in [6.07, 6.45) is 3.66. The van der Waals surface area contributed by atoms with Crippen molar-refractivity contribution in [1.82, 2.24) is 0 Å². The molecule has 1 atom stereocenters. The van der Waals surface area contributed by atoms with Crippen LogP contribution in [0.15, 0.2) is 24.8 Å². The molecule has 1 unspecified atom stereocenters. The van der Waals surface area contributed by atoms with Crippen LogP contribution in [0.4, 0.5) is 0 Å². The molecule has 6 heteroatoms. The van der Waals surface area contributed by atoms with Gasteiger partial charge in [0.1, 0.15) is 6.61 Å². The molecular formula is C19H24O6. The summed E-state index contributed by atoms with van der Waals surface area (Å²) in [5.41, 5.74) is -0.946. The Bertz CT molecular complexity index is 666. The Balaban J connectivity index is 2.68. The molecule has 0 bridgehead atoms. The van der Waals surface area contributed by atoms with Gasteiger partial charge in [-0.15, -0.1) is 0 Å². The van der Waals surface area contributed by atoms with E-state index in [4.69, 9.17) is 18.9 Å². The van der Waals surface area contributed by atoms with E-state index in [1.165, 1.54) is 27.4 Å². The van der Waals surface area contributed by atoms with Crippen LogP contribution in [0.3, 0.4) is 0 Å². The fraction of sp³-hybridized carbons (Fsp3) is 0.474. The monoisotopic (exact) mass is 348 g/mol. The fourth-order valence-corrected chi connectivity index (χ4v) is 3.33. The maximum absolute atomic E-state index is 12.9. The van der Waals surface area contributed by atoms with Crippen LogP contribution in [-0.4, -0.2) is 39.7 Å². The first-order valence-electron chi connectivity index (χ1n) is 8.17. The maximum Gasteiger partial charge on any atom is 0.324 e. The van der Waals surface area contributed by atoms with Gasteiger partial charge in [0, 0.05) is 12.0 Å². The van der Waals surface area contributed by atoms with Gasteiger partial charge in [0.2, 0.25) is 5.75 Å². The first-order chi connectivity index (χ1) is 12.1. The molecule has 0 heterocycles. The molecule has 1 aliphatic carbocycles. The number of hydrogen-bond acceptors (Lipinski definition) is 6. The molecule has 0 saturated heterocycles. The van der Waals surface area contributed by atoms with Crippen molar-refractivity contribution in [2.45, 2.75) is 31.1 Å². The van der Waals surface area contributed by atoms with Crippen LogP contribution in [0, 0.1) is 0 Å². The number of benzene rings is 1. The zero-order valence-electron chi connectivity index (χ0n) is 14.9. The van der Waals surface area contributed by atoms with Crippen LogP contribution in [0.5, 0.6) is 17.2 Å². The second kappa shape index (κ2) is 8.05. The van der Waals surface area contributed by atoms with Gasteiger partial charge in [0.05, 0.1) is 21.3 Å². The number of rotatable bonds is 7. The zero-order chi connectivity index (χ0) is 18.4. The minimum atomic E-state index is -1.40. The number of Topliss-reactive ketones (excluding diaryl/α,β-unsaturated/α-hetero) is 1. The lowest BCUT2D eigenvalue weighted by Gasteiger charge is -2.35. The molecule has 0 amide bonds. The number of ether oxygens (including phenoxy) is 4. The Hall–Kier alpha value is -2.50. The standard InChI is InChI=1S/C19H24O6/c1-5-12-25-18(21)19(11-7-6-8-15(19)20)13-9-10-14(22-2)17(24-4)16(13)23-3/h5,9-10H,1,6-8,11-12H2,2-4H3. The maximum atomic E-state index is 12.9. The molecule has 136 valence electrons. The minimum Gasteiger partial charge on any atom is -0.493 e. The lowest BCUT2D eigenvalue weighted by atomic mass is 9.68. The Morgan fingerprint density at radius 2 is 1.88 bits per heavy atom. The Morgan fingerprint density at radius 3 is 2.44 bits per heavy atom. The molecule has 25 heavy (non-hydrogen) atoms. The predicted molar refractivity (Wildman–Crippen MR) is 92.4 cm³/mol. The van der Waals surface area contributed by atoms with E-state index in [0.717, 1.165) is 12.8 Å². The molecule has 1 aromatic rings. The first kappa shape index (κ1) is 18.8. The third-order valence-electron chi connectivity index (χ3n) is 4.53. The van der Waals surface area contributed by atoms with Crippen molar-refractivity contribution in [2.24, 2.45) is 0 Å². The van der Waals surface area contributed by atoms with Crippen LogP contribution in [0.25, 0.3) is 0 Å². The van der Waals surface area contributed by atoms with Crippen molar-refractivity contribution >= 4 is 11.8 Å². The summed E-state index contributed by atoms with van der Waals surface area (Å²) in [4.78, 5) is 25.8. The number of carbonyl (C=O) groups excluding carboxylic acids is 2. The molecule has 0 aliphatic heterocycles. The third-order valence-corrected chi connectivity index (χ3v) is 4.53. The summed E-state index contributed by atoms with van der Waals surface area (Å²) in [6, 6.07) is 3.35. The fourth-order valence-electron chi connectivity index (χ4n) is 3.33. The molecule has 0 spiro atoms. The van der Waals surface area contributed by atoms with E-state index >= 15 is 0 Å². The van der Waals surface area contributed by atoms with Crippen molar-refractivity contribution in [3.8, 4) is 17.2 Å². The third kappa shape index (κ3) is 3.21. The van der Waals surface area contributed by atoms with Gasteiger partial charge in [-0.25, -0.2) is 0 Å². The van der Waals surface area contributed by atoms with Crippen LogP contribution < -0.4 is 14.2 Å². The van der Waals surface area contributed by atoms with E-state index < -0.39 is 11.4 Å². The lowest BCUT2D eigenvalue weighted by Crippen LogP contribution is -2.47. The van der Waals surface area contributed by atoms with Crippen LogP contribution in [-0.2, 0) is 19.7 Å². The molecule has 0 radical (unpaired) electrons. The first-order valence-corrected chi connectivity index (χ1v) is 8.17. The van der Waals surface area contributed by atoms with Crippen molar-refractivity contribution < 1.29 is 28.5 Å². The highest BCUT2D eigenvalue weighted by Crippen LogP contribution is 2.48. The molecule has 1 fully saturated rings. The summed E-state index contributed by atoms with van der Waals surface area (Å²) in [7, 11) is 4.46. The van der Waals surface area contributed by atoms with E-state index in [0.29, 0.717) is 35.7 Å². The molecule has 0 aromatic heterocycles. The van der Waals surface area contributed by atoms with Crippen LogP contribution >= 0.6 is 0 Å². The van der Waals surface area contributed by atoms with Gasteiger partial charge in [0.25, 0.3) is 0 Å².